The fraction of sp³-hybridized carbons (Fsp3) is 0.160. The van der Waals surface area contributed by atoms with Crippen LogP contribution >= 0.6 is 0 Å². The molecule has 1 fully saturated rings. The van der Waals surface area contributed by atoms with Gasteiger partial charge in [0.2, 0.25) is 0 Å². The highest BCUT2D eigenvalue weighted by atomic mass is 16.5. The van der Waals surface area contributed by atoms with E-state index in [-0.39, 0.29) is 18.7 Å². The quantitative estimate of drug-likeness (QED) is 0.441. The number of hydrogen-bond acceptors (Lipinski definition) is 4. The SMILES string of the molecule is COCCN1C(=O)/C(=C/c2cccn2-c2ccc(C)cc2)C(=O)N(c2ccccc2)C1=O. The van der Waals surface area contributed by atoms with Crippen LogP contribution in [0.3, 0.4) is 0 Å². The molecule has 0 spiro atoms. The van der Waals surface area contributed by atoms with Gasteiger partial charge < -0.3 is 9.30 Å². The lowest BCUT2D eigenvalue weighted by Crippen LogP contribution is -2.57. The number of imide groups is 2. The zero-order valence-electron chi connectivity index (χ0n) is 17.9. The van der Waals surface area contributed by atoms with Crippen LogP contribution in [0.15, 0.2) is 78.5 Å². The summed E-state index contributed by atoms with van der Waals surface area (Å²) in [5.74, 6) is -1.29. The second-order valence-electron chi connectivity index (χ2n) is 7.40. The highest BCUT2D eigenvalue weighted by Gasteiger charge is 2.42. The molecule has 2 aromatic carbocycles. The Morgan fingerprint density at radius 2 is 1.56 bits per heavy atom. The first-order chi connectivity index (χ1) is 15.5. The van der Waals surface area contributed by atoms with Crippen LogP contribution in [0.4, 0.5) is 10.5 Å². The third kappa shape index (κ3) is 3.98. The molecule has 3 aromatic rings. The molecule has 0 bridgehead atoms. The number of methoxy groups -OCH3 is 1. The molecule has 4 amide bonds. The molecule has 0 unspecified atom stereocenters. The number of aryl methyl sites for hydroxylation is 1. The van der Waals surface area contributed by atoms with Crippen molar-refractivity contribution in [1.82, 2.24) is 9.47 Å². The van der Waals surface area contributed by atoms with E-state index in [0.29, 0.717) is 11.4 Å². The maximum atomic E-state index is 13.3. The molecule has 0 aliphatic carbocycles. The van der Waals surface area contributed by atoms with E-state index in [0.717, 1.165) is 21.1 Å². The predicted molar refractivity (Wildman–Crippen MR) is 121 cm³/mol. The van der Waals surface area contributed by atoms with Gasteiger partial charge in [-0.25, -0.2) is 9.69 Å². The van der Waals surface area contributed by atoms with Crippen LogP contribution in [0.1, 0.15) is 11.3 Å². The van der Waals surface area contributed by atoms with Crippen molar-refractivity contribution >= 4 is 29.6 Å². The lowest BCUT2D eigenvalue weighted by atomic mass is 10.1. The topological polar surface area (TPSA) is 71.8 Å². The van der Waals surface area contributed by atoms with Gasteiger partial charge in [0.1, 0.15) is 5.57 Å². The summed E-state index contributed by atoms with van der Waals surface area (Å²) in [6, 6.07) is 19.5. The van der Waals surface area contributed by atoms with Gasteiger partial charge in [0, 0.05) is 24.7 Å². The Bertz CT molecular complexity index is 1180. The standard InChI is InChI=1S/C25H23N3O4/c1-18-10-12-19(13-11-18)26-14-6-9-21(26)17-22-23(29)27(15-16-32-2)25(31)28(24(22)30)20-7-4-3-5-8-20/h3-14,17H,15-16H2,1-2H3/b22-17-. The maximum Gasteiger partial charge on any atom is 0.338 e. The molecule has 1 saturated heterocycles. The fourth-order valence-corrected chi connectivity index (χ4v) is 3.56. The van der Waals surface area contributed by atoms with E-state index in [1.54, 1.807) is 30.3 Å². The Balaban J connectivity index is 1.78. The number of barbiturate groups is 1. The average Bonchev–Trinajstić information content (AvgIpc) is 3.26. The highest BCUT2D eigenvalue weighted by molar-refractivity contribution is 6.39. The summed E-state index contributed by atoms with van der Waals surface area (Å²) >= 11 is 0. The molecule has 0 saturated carbocycles. The number of anilines is 1. The Morgan fingerprint density at radius 1 is 0.844 bits per heavy atom. The van der Waals surface area contributed by atoms with Crippen LogP contribution < -0.4 is 4.90 Å². The van der Waals surface area contributed by atoms with E-state index < -0.39 is 17.8 Å². The average molecular weight is 429 g/mol. The monoisotopic (exact) mass is 429 g/mol. The fourth-order valence-electron chi connectivity index (χ4n) is 3.56. The lowest BCUT2D eigenvalue weighted by Gasteiger charge is -2.33. The molecule has 0 N–H and O–H groups in total. The van der Waals surface area contributed by atoms with Crippen molar-refractivity contribution in [3.63, 3.8) is 0 Å². The summed E-state index contributed by atoms with van der Waals surface area (Å²) in [5.41, 5.74) is 2.99. The summed E-state index contributed by atoms with van der Waals surface area (Å²) in [7, 11) is 1.49. The zero-order chi connectivity index (χ0) is 22.7. The van der Waals surface area contributed by atoms with E-state index in [4.69, 9.17) is 4.74 Å². The molecule has 1 aliphatic heterocycles. The number of carbonyl (C=O) groups is 3. The van der Waals surface area contributed by atoms with Crippen molar-refractivity contribution in [2.75, 3.05) is 25.2 Å². The number of amides is 4. The number of aromatic nitrogens is 1. The predicted octanol–water partition coefficient (Wildman–Crippen LogP) is 3.81. The molecule has 7 heteroatoms. The van der Waals surface area contributed by atoms with Gasteiger partial charge in [-0.15, -0.1) is 0 Å². The number of para-hydroxylation sites is 1. The van der Waals surface area contributed by atoms with E-state index in [9.17, 15) is 14.4 Å². The molecule has 162 valence electrons. The third-order valence-electron chi connectivity index (χ3n) is 5.25. The number of urea groups is 1. The minimum absolute atomic E-state index is 0.0428. The first-order valence-electron chi connectivity index (χ1n) is 10.2. The minimum atomic E-state index is -0.686. The summed E-state index contributed by atoms with van der Waals surface area (Å²) in [4.78, 5) is 41.6. The van der Waals surface area contributed by atoms with Gasteiger partial charge in [0.05, 0.1) is 18.8 Å². The number of carbonyl (C=O) groups excluding carboxylic acids is 3. The van der Waals surface area contributed by atoms with E-state index in [1.807, 2.05) is 54.1 Å². The molecular formula is C25H23N3O4. The first-order valence-corrected chi connectivity index (χ1v) is 10.2. The number of rotatable bonds is 6. The zero-order valence-corrected chi connectivity index (χ0v) is 17.9. The van der Waals surface area contributed by atoms with Crippen LogP contribution in [0.2, 0.25) is 0 Å². The Morgan fingerprint density at radius 3 is 2.25 bits per heavy atom. The van der Waals surface area contributed by atoms with Crippen LogP contribution in [0.25, 0.3) is 11.8 Å². The summed E-state index contributed by atoms with van der Waals surface area (Å²) < 4.78 is 6.95. The minimum Gasteiger partial charge on any atom is -0.383 e. The molecule has 2 heterocycles. The molecule has 32 heavy (non-hydrogen) atoms. The van der Waals surface area contributed by atoms with Gasteiger partial charge in [-0.3, -0.25) is 14.5 Å². The molecule has 0 atom stereocenters. The first kappa shape index (κ1) is 21.3. The van der Waals surface area contributed by atoms with Crippen molar-refractivity contribution in [2.45, 2.75) is 6.92 Å². The van der Waals surface area contributed by atoms with E-state index >= 15 is 0 Å². The van der Waals surface area contributed by atoms with E-state index in [1.165, 1.54) is 13.2 Å². The van der Waals surface area contributed by atoms with Crippen molar-refractivity contribution in [1.29, 1.82) is 0 Å². The molecular weight excluding hydrogens is 406 g/mol. The number of benzene rings is 2. The van der Waals surface area contributed by atoms with Crippen molar-refractivity contribution in [3.05, 3.63) is 89.8 Å². The van der Waals surface area contributed by atoms with Crippen LogP contribution in [-0.4, -0.2) is 47.6 Å². The Kier molecular flexibility index (Phi) is 6.00. The number of ether oxygens (including phenoxy) is 1. The normalized spacial score (nSPS) is 15.7. The smallest absolute Gasteiger partial charge is 0.338 e. The van der Waals surface area contributed by atoms with E-state index in [2.05, 4.69) is 0 Å². The highest BCUT2D eigenvalue weighted by Crippen LogP contribution is 2.26. The second kappa shape index (κ2) is 9.03. The van der Waals surface area contributed by atoms with Crippen LogP contribution in [0.5, 0.6) is 0 Å². The van der Waals surface area contributed by atoms with Crippen molar-refractivity contribution in [2.24, 2.45) is 0 Å². The number of nitrogens with zero attached hydrogens (tertiary/aromatic N) is 3. The van der Waals surface area contributed by atoms with Crippen LogP contribution in [0, 0.1) is 6.92 Å². The van der Waals surface area contributed by atoms with Gasteiger partial charge in [-0.1, -0.05) is 35.9 Å². The lowest BCUT2D eigenvalue weighted by molar-refractivity contribution is -0.129. The van der Waals surface area contributed by atoms with Gasteiger partial charge >= 0.3 is 6.03 Å². The molecule has 7 nitrogen and oxygen atoms in total. The largest absolute Gasteiger partial charge is 0.383 e. The van der Waals surface area contributed by atoms with Crippen LogP contribution in [-0.2, 0) is 14.3 Å². The Hall–Kier alpha value is -3.97. The number of hydrogen-bond donors (Lipinski definition) is 0. The molecule has 1 aromatic heterocycles. The third-order valence-corrected chi connectivity index (χ3v) is 5.25. The van der Waals surface area contributed by atoms with Crippen molar-refractivity contribution in [3.8, 4) is 5.69 Å². The molecule has 1 aliphatic rings. The van der Waals surface area contributed by atoms with Gasteiger partial charge in [-0.2, -0.15) is 0 Å². The Labute approximate surface area is 186 Å². The second-order valence-corrected chi connectivity index (χ2v) is 7.40. The summed E-state index contributed by atoms with van der Waals surface area (Å²) in [6.45, 7) is 2.22. The maximum absolute atomic E-state index is 13.3. The summed E-state index contributed by atoms with van der Waals surface area (Å²) in [5, 5.41) is 0. The molecule has 4 rings (SSSR count). The van der Waals surface area contributed by atoms with Crippen molar-refractivity contribution < 1.29 is 19.1 Å². The van der Waals surface area contributed by atoms with Gasteiger partial charge in [0.15, 0.2) is 0 Å². The van der Waals surface area contributed by atoms with Gasteiger partial charge in [0.25, 0.3) is 11.8 Å². The summed E-state index contributed by atoms with van der Waals surface area (Å²) in [6.07, 6.45) is 3.39. The van der Waals surface area contributed by atoms with Gasteiger partial charge in [-0.05, 0) is 49.4 Å². The molecule has 0 radical (unpaired) electrons.